The average molecular weight is 538 g/mol. The number of nitrogens with zero attached hydrogens (tertiary/aromatic N) is 7. The second kappa shape index (κ2) is 11.0. The highest BCUT2D eigenvalue weighted by molar-refractivity contribution is 8.14. The molecule has 1 unspecified atom stereocenters. The number of benzene rings is 1. The molecule has 1 amide bonds. The average Bonchev–Trinajstić information content (AvgIpc) is 3.59. The predicted octanol–water partition coefficient (Wildman–Crippen LogP) is 1.04. The summed E-state index contributed by atoms with van der Waals surface area (Å²) < 4.78 is 5.18. The van der Waals surface area contributed by atoms with Crippen molar-refractivity contribution in [3.8, 4) is 11.4 Å². The summed E-state index contributed by atoms with van der Waals surface area (Å²) in [7, 11) is 0. The van der Waals surface area contributed by atoms with Crippen molar-refractivity contribution in [1.82, 2.24) is 35.9 Å². The first-order valence-electron chi connectivity index (χ1n) is 12.1. The Labute approximate surface area is 222 Å². The number of thioether (sulfide) groups is 1. The van der Waals surface area contributed by atoms with Gasteiger partial charge in [0.1, 0.15) is 11.6 Å². The monoisotopic (exact) mass is 537 g/mol. The standard InChI is InChI=1S/C23H27N11O3S/c1-3-37-20(36)23(2)13-38-22(29-23)28-21-26-16(10-17(27-21)34-9-8-24-18(35)12-34)25-11-14-6-4-5-7-15(14)19-30-32-33-31-19/h4-7,10H,3,8-9,11-13H2,1-2H3,(H,24,35)(H,30,31,32,33)(H2,25,26,27,28,29). The largest absolute Gasteiger partial charge is 0.464 e. The molecule has 5 rings (SSSR count). The van der Waals surface area contributed by atoms with E-state index in [1.165, 1.54) is 11.8 Å². The molecule has 2 aliphatic rings. The van der Waals surface area contributed by atoms with Crippen LogP contribution in [0.5, 0.6) is 0 Å². The lowest BCUT2D eigenvalue weighted by molar-refractivity contribution is -0.147. The zero-order valence-electron chi connectivity index (χ0n) is 20.9. The van der Waals surface area contributed by atoms with E-state index in [-0.39, 0.29) is 25.0 Å². The Bertz CT molecular complexity index is 1350. The summed E-state index contributed by atoms with van der Waals surface area (Å²) in [6.07, 6.45) is 0. The minimum absolute atomic E-state index is 0.0746. The molecule has 2 aliphatic heterocycles. The number of hydrogen-bond donors (Lipinski definition) is 4. The van der Waals surface area contributed by atoms with Crippen molar-refractivity contribution < 1.29 is 14.3 Å². The molecule has 0 aliphatic carbocycles. The van der Waals surface area contributed by atoms with Gasteiger partial charge in [0.25, 0.3) is 0 Å². The fraction of sp³-hybridized carbons (Fsp3) is 0.391. The smallest absolute Gasteiger partial charge is 0.334 e. The first-order valence-corrected chi connectivity index (χ1v) is 13.1. The number of ether oxygens (including phenoxy) is 1. The number of esters is 1. The van der Waals surface area contributed by atoms with Crippen molar-refractivity contribution in [3.63, 3.8) is 0 Å². The number of tetrazole rings is 1. The van der Waals surface area contributed by atoms with Gasteiger partial charge in [-0.3, -0.25) is 4.79 Å². The number of carbonyl (C=O) groups excluding carboxylic acids is 2. The molecule has 38 heavy (non-hydrogen) atoms. The molecule has 1 aromatic carbocycles. The molecule has 3 aromatic rings. The van der Waals surface area contributed by atoms with Crippen LogP contribution in [0.15, 0.2) is 35.3 Å². The fourth-order valence-electron chi connectivity index (χ4n) is 3.99. The normalized spacial score (nSPS) is 19.1. The van der Waals surface area contributed by atoms with Gasteiger partial charge in [-0.15, -0.1) is 5.10 Å². The number of amidine groups is 1. The molecule has 2 aromatic heterocycles. The van der Waals surface area contributed by atoms with Gasteiger partial charge in [0.05, 0.1) is 13.2 Å². The first kappa shape index (κ1) is 25.4. The molecule has 198 valence electrons. The van der Waals surface area contributed by atoms with Crippen molar-refractivity contribution in [1.29, 1.82) is 0 Å². The molecular weight excluding hydrogens is 510 g/mol. The SMILES string of the molecule is CCOC(=O)C1(C)CSC(Nc2nc(NCc3ccccc3-c3nnn[nH]3)cc(N3CCNC(=O)C3)n2)=N1. The summed E-state index contributed by atoms with van der Waals surface area (Å²) in [5.74, 6) is 1.99. The summed E-state index contributed by atoms with van der Waals surface area (Å²) in [6.45, 7) is 5.55. The Hall–Kier alpha value is -4.27. The van der Waals surface area contributed by atoms with Crippen LogP contribution in [0.3, 0.4) is 0 Å². The highest BCUT2D eigenvalue weighted by Gasteiger charge is 2.40. The Morgan fingerprint density at radius 2 is 2.16 bits per heavy atom. The molecule has 0 spiro atoms. The molecule has 0 radical (unpaired) electrons. The number of hydrogen-bond acceptors (Lipinski definition) is 13. The number of carbonyl (C=O) groups is 2. The summed E-state index contributed by atoms with van der Waals surface area (Å²) in [5.41, 5.74) is 0.839. The number of aromatic amines is 1. The van der Waals surface area contributed by atoms with Gasteiger partial charge in [0, 0.05) is 37.0 Å². The molecule has 14 nitrogen and oxygen atoms in total. The van der Waals surface area contributed by atoms with Gasteiger partial charge >= 0.3 is 5.97 Å². The van der Waals surface area contributed by atoms with Gasteiger partial charge < -0.3 is 25.6 Å². The quantitative estimate of drug-likeness (QED) is 0.301. The first-order chi connectivity index (χ1) is 18.4. The maximum absolute atomic E-state index is 12.4. The van der Waals surface area contributed by atoms with Gasteiger partial charge in [-0.25, -0.2) is 14.9 Å². The van der Waals surface area contributed by atoms with Gasteiger partial charge in [-0.1, -0.05) is 36.0 Å². The Morgan fingerprint density at radius 3 is 2.95 bits per heavy atom. The van der Waals surface area contributed by atoms with E-state index in [1.807, 2.05) is 29.2 Å². The Kier molecular flexibility index (Phi) is 7.35. The lowest BCUT2D eigenvalue weighted by Crippen LogP contribution is -2.48. The molecule has 1 fully saturated rings. The highest BCUT2D eigenvalue weighted by Crippen LogP contribution is 2.30. The minimum atomic E-state index is -0.980. The van der Waals surface area contributed by atoms with Gasteiger partial charge in [-0.2, -0.15) is 9.97 Å². The van der Waals surface area contributed by atoms with E-state index < -0.39 is 5.54 Å². The van der Waals surface area contributed by atoms with Crippen LogP contribution in [0.2, 0.25) is 0 Å². The number of rotatable bonds is 8. The fourth-order valence-corrected chi connectivity index (χ4v) is 5.02. The van der Waals surface area contributed by atoms with Crippen molar-refractivity contribution >= 4 is 46.4 Å². The van der Waals surface area contributed by atoms with Crippen molar-refractivity contribution in [2.45, 2.75) is 25.9 Å². The molecule has 15 heteroatoms. The number of nitrogens with one attached hydrogen (secondary N) is 4. The van der Waals surface area contributed by atoms with E-state index in [9.17, 15) is 9.59 Å². The second-order valence-corrected chi connectivity index (χ2v) is 9.76. The molecule has 1 atom stereocenters. The maximum Gasteiger partial charge on any atom is 0.334 e. The van der Waals surface area contributed by atoms with E-state index in [4.69, 9.17) is 4.74 Å². The van der Waals surface area contributed by atoms with Crippen LogP contribution in [0.4, 0.5) is 17.6 Å². The number of anilines is 3. The van der Waals surface area contributed by atoms with E-state index >= 15 is 0 Å². The summed E-state index contributed by atoms with van der Waals surface area (Å²) in [6, 6.07) is 9.55. The van der Waals surface area contributed by atoms with Crippen LogP contribution in [-0.4, -0.2) is 85.2 Å². The van der Waals surface area contributed by atoms with Crippen molar-refractivity contribution in [3.05, 3.63) is 35.9 Å². The predicted molar refractivity (Wildman–Crippen MR) is 143 cm³/mol. The zero-order chi connectivity index (χ0) is 26.5. The Balaban J connectivity index is 1.40. The van der Waals surface area contributed by atoms with Crippen LogP contribution >= 0.6 is 11.8 Å². The summed E-state index contributed by atoms with van der Waals surface area (Å²) in [4.78, 5) is 40.1. The van der Waals surface area contributed by atoms with Crippen LogP contribution in [0.1, 0.15) is 19.4 Å². The zero-order valence-corrected chi connectivity index (χ0v) is 21.7. The third-order valence-electron chi connectivity index (χ3n) is 5.92. The van der Waals surface area contributed by atoms with Crippen LogP contribution in [0.25, 0.3) is 11.4 Å². The lowest BCUT2D eigenvalue weighted by Gasteiger charge is -2.28. The molecule has 4 heterocycles. The molecular formula is C23H27N11O3S. The molecule has 4 N–H and O–H groups in total. The maximum atomic E-state index is 12.4. The van der Waals surface area contributed by atoms with Crippen LogP contribution < -0.4 is 20.9 Å². The molecule has 1 saturated heterocycles. The topological polar surface area (TPSA) is 175 Å². The third kappa shape index (κ3) is 5.66. The van der Waals surface area contributed by atoms with Gasteiger partial charge in [0.15, 0.2) is 16.5 Å². The number of aliphatic imine (C=N–C) groups is 1. The summed E-state index contributed by atoms with van der Waals surface area (Å²) >= 11 is 1.39. The molecule has 0 saturated carbocycles. The van der Waals surface area contributed by atoms with Gasteiger partial charge in [0.2, 0.25) is 11.9 Å². The van der Waals surface area contributed by atoms with Gasteiger partial charge in [-0.05, 0) is 29.8 Å². The van der Waals surface area contributed by atoms with Crippen molar-refractivity contribution in [2.75, 3.05) is 47.5 Å². The second-order valence-electron chi connectivity index (χ2n) is 8.79. The van der Waals surface area contributed by atoms with Crippen LogP contribution in [-0.2, 0) is 20.9 Å². The van der Waals surface area contributed by atoms with E-state index in [0.717, 1.165) is 11.1 Å². The number of H-pyrrole nitrogens is 1. The van der Waals surface area contributed by atoms with E-state index in [1.54, 1.807) is 19.9 Å². The Morgan fingerprint density at radius 1 is 1.29 bits per heavy atom. The van der Waals surface area contributed by atoms with Crippen LogP contribution in [0, 0.1) is 0 Å². The van der Waals surface area contributed by atoms with E-state index in [0.29, 0.717) is 54.0 Å². The van der Waals surface area contributed by atoms with Crippen molar-refractivity contribution in [2.24, 2.45) is 4.99 Å². The minimum Gasteiger partial charge on any atom is -0.464 e. The highest BCUT2D eigenvalue weighted by atomic mass is 32.2. The number of piperazine rings is 1. The number of amides is 1. The number of aromatic nitrogens is 6. The third-order valence-corrected chi connectivity index (χ3v) is 7.10. The van der Waals surface area contributed by atoms with E-state index in [2.05, 4.69) is 51.5 Å². The lowest BCUT2D eigenvalue weighted by atomic mass is 10.1. The molecule has 0 bridgehead atoms. The summed E-state index contributed by atoms with van der Waals surface area (Å²) in [5, 5.41) is 24.0.